The third-order valence-electron chi connectivity index (χ3n) is 5.01. The molecule has 1 heterocycles. The molecule has 0 bridgehead atoms. The summed E-state index contributed by atoms with van der Waals surface area (Å²) in [4.78, 5) is 36.9. The van der Waals surface area contributed by atoms with E-state index in [4.69, 9.17) is 5.11 Å². The molecule has 2 atom stereocenters. The first-order chi connectivity index (χ1) is 13.5. The van der Waals surface area contributed by atoms with E-state index in [0.29, 0.717) is 13.0 Å². The van der Waals surface area contributed by atoms with Crippen LogP contribution in [0.5, 0.6) is 0 Å². The predicted octanol–water partition coefficient (Wildman–Crippen LogP) is 2.40. The van der Waals surface area contributed by atoms with Crippen molar-refractivity contribution in [3.63, 3.8) is 0 Å². The Balaban J connectivity index is 1.53. The molecule has 2 aromatic carbocycles. The quantitative estimate of drug-likeness (QED) is 0.716. The molecular weight excluding hydrogens is 358 g/mol. The van der Waals surface area contributed by atoms with Gasteiger partial charge in [-0.15, -0.1) is 0 Å². The number of carboxylic acid groups (broad SMARTS) is 1. The molecule has 0 spiro atoms. The second-order valence-corrected chi connectivity index (χ2v) is 6.89. The molecule has 7 nitrogen and oxygen atoms in total. The summed E-state index contributed by atoms with van der Waals surface area (Å²) in [6.45, 7) is 0.677. The number of benzene rings is 2. The normalized spacial score (nSPS) is 18.8. The zero-order chi connectivity index (χ0) is 20.1. The highest BCUT2D eigenvalue weighted by Crippen LogP contribution is 2.36. The first-order valence-corrected chi connectivity index (χ1v) is 9.10. The fourth-order valence-corrected chi connectivity index (χ4v) is 3.51. The summed E-state index contributed by atoms with van der Waals surface area (Å²) in [6, 6.07) is 15.8. The SMILES string of the molecule is CN1C(=O)C[C@@H](CNC(=O)NCc2ccc(C(=O)O)cc2)[C@@H]1c1ccccc1. The number of nitrogens with one attached hydrogen (secondary N) is 2. The number of amides is 3. The molecule has 1 aliphatic heterocycles. The van der Waals surface area contributed by atoms with Crippen molar-refractivity contribution in [2.45, 2.75) is 19.0 Å². The van der Waals surface area contributed by atoms with E-state index in [0.717, 1.165) is 11.1 Å². The first kappa shape index (κ1) is 19.4. The third-order valence-corrected chi connectivity index (χ3v) is 5.01. The van der Waals surface area contributed by atoms with Crippen LogP contribution in [-0.2, 0) is 11.3 Å². The van der Waals surface area contributed by atoms with E-state index >= 15 is 0 Å². The Morgan fingerprint density at radius 2 is 1.75 bits per heavy atom. The first-order valence-electron chi connectivity index (χ1n) is 9.10. The summed E-state index contributed by atoms with van der Waals surface area (Å²) in [5.41, 5.74) is 2.06. The van der Waals surface area contributed by atoms with Crippen molar-refractivity contribution >= 4 is 17.9 Å². The number of rotatable bonds is 6. The molecule has 1 aliphatic rings. The lowest BCUT2D eigenvalue weighted by atomic mass is 9.94. The zero-order valence-corrected chi connectivity index (χ0v) is 15.6. The van der Waals surface area contributed by atoms with Crippen LogP contribution in [-0.4, -0.2) is 41.5 Å². The van der Waals surface area contributed by atoms with E-state index in [2.05, 4.69) is 10.6 Å². The van der Waals surface area contributed by atoms with Gasteiger partial charge in [0, 0.05) is 32.5 Å². The summed E-state index contributed by atoms with van der Waals surface area (Å²) in [7, 11) is 1.79. The highest BCUT2D eigenvalue weighted by Gasteiger charge is 2.38. The number of nitrogens with zero attached hydrogens (tertiary/aromatic N) is 1. The number of hydrogen-bond acceptors (Lipinski definition) is 3. The summed E-state index contributed by atoms with van der Waals surface area (Å²) >= 11 is 0. The number of likely N-dealkylation sites (tertiary alicyclic amines) is 1. The van der Waals surface area contributed by atoms with E-state index < -0.39 is 5.97 Å². The molecule has 3 N–H and O–H groups in total. The number of carbonyl (C=O) groups is 3. The lowest BCUT2D eigenvalue weighted by Crippen LogP contribution is -2.39. The van der Waals surface area contributed by atoms with Gasteiger partial charge in [-0.25, -0.2) is 9.59 Å². The van der Waals surface area contributed by atoms with Crippen LogP contribution in [0.3, 0.4) is 0 Å². The predicted molar refractivity (Wildman–Crippen MR) is 104 cm³/mol. The van der Waals surface area contributed by atoms with Crippen LogP contribution in [0.25, 0.3) is 0 Å². The van der Waals surface area contributed by atoms with Crippen molar-refractivity contribution < 1.29 is 19.5 Å². The minimum absolute atomic E-state index is 0.000463. The maximum Gasteiger partial charge on any atom is 0.335 e. The summed E-state index contributed by atoms with van der Waals surface area (Å²) < 4.78 is 0. The van der Waals surface area contributed by atoms with Crippen molar-refractivity contribution in [3.8, 4) is 0 Å². The molecule has 3 rings (SSSR count). The van der Waals surface area contributed by atoms with Crippen LogP contribution in [0, 0.1) is 5.92 Å². The summed E-state index contributed by atoms with van der Waals surface area (Å²) in [5, 5.41) is 14.5. The van der Waals surface area contributed by atoms with E-state index in [1.54, 1.807) is 24.1 Å². The van der Waals surface area contributed by atoms with Gasteiger partial charge in [-0.2, -0.15) is 0 Å². The molecule has 28 heavy (non-hydrogen) atoms. The van der Waals surface area contributed by atoms with Crippen LogP contribution in [0.15, 0.2) is 54.6 Å². The van der Waals surface area contributed by atoms with Gasteiger partial charge in [0.25, 0.3) is 0 Å². The van der Waals surface area contributed by atoms with Gasteiger partial charge in [-0.3, -0.25) is 4.79 Å². The fraction of sp³-hybridized carbons (Fsp3) is 0.286. The molecule has 146 valence electrons. The molecule has 0 saturated carbocycles. The topological polar surface area (TPSA) is 98.7 Å². The van der Waals surface area contributed by atoms with Gasteiger partial charge in [-0.1, -0.05) is 42.5 Å². The minimum Gasteiger partial charge on any atom is -0.478 e. The van der Waals surface area contributed by atoms with Gasteiger partial charge in [-0.05, 0) is 23.3 Å². The Morgan fingerprint density at radius 1 is 1.07 bits per heavy atom. The van der Waals surface area contributed by atoms with Crippen LogP contribution >= 0.6 is 0 Å². The van der Waals surface area contributed by atoms with Crippen molar-refractivity contribution in [1.82, 2.24) is 15.5 Å². The fourth-order valence-electron chi connectivity index (χ4n) is 3.51. The Kier molecular flexibility index (Phi) is 5.93. The largest absolute Gasteiger partial charge is 0.478 e. The van der Waals surface area contributed by atoms with Crippen LogP contribution in [0.2, 0.25) is 0 Å². The molecule has 0 aromatic heterocycles. The van der Waals surface area contributed by atoms with E-state index in [9.17, 15) is 14.4 Å². The average Bonchev–Trinajstić information content (AvgIpc) is 2.99. The maximum atomic E-state index is 12.2. The highest BCUT2D eigenvalue weighted by atomic mass is 16.4. The number of urea groups is 1. The lowest BCUT2D eigenvalue weighted by molar-refractivity contribution is -0.127. The molecular formula is C21H23N3O4. The molecule has 1 saturated heterocycles. The van der Waals surface area contributed by atoms with E-state index in [1.165, 1.54) is 12.1 Å². The summed E-state index contributed by atoms with van der Waals surface area (Å²) in [5.74, 6) is -0.915. The van der Waals surface area contributed by atoms with Crippen molar-refractivity contribution in [2.75, 3.05) is 13.6 Å². The van der Waals surface area contributed by atoms with Crippen LogP contribution in [0.1, 0.15) is 33.9 Å². The average molecular weight is 381 g/mol. The lowest BCUT2D eigenvalue weighted by Gasteiger charge is -2.25. The van der Waals surface area contributed by atoms with Gasteiger partial charge in [0.15, 0.2) is 0 Å². The molecule has 0 radical (unpaired) electrons. The maximum absolute atomic E-state index is 12.2. The van der Waals surface area contributed by atoms with Gasteiger partial charge in [0.05, 0.1) is 11.6 Å². The van der Waals surface area contributed by atoms with E-state index in [1.807, 2.05) is 30.3 Å². The van der Waals surface area contributed by atoms with Crippen molar-refractivity contribution in [2.24, 2.45) is 5.92 Å². The zero-order valence-electron chi connectivity index (χ0n) is 15.6. The molecule has 0 unspecified atom stereocenters. The Morgan fingerprint density at radius 3 is 2.39 bits per heavy atom. The second-order valence-electron chi connectivity index (χ2n) is 6.89. The number of carbonyl (C=O) groups excluding carboxylic acids is 2. The van der Waals surface area contributed by atoms with Crippen molar-refractivity contribution in [3.05, 3.63) is 71.3 Å². The van der Waals surface area contributed by atoms with Crippen molar-refractivity contribution in [1.29, 1.82) is 0 Å². The second kappa shape index (κ2) is 8.56. The molecule has 3 amide bonds. The molecule has 1 fully saturated rings. The molecule has 7 heteroatoms. The number of carboxylic acids is 1. The van der Waals surface area contributed by atoms with Gasteiger partial charge in [0.2, 0.25) is 5.91 Å². The number of aromatic carboxylic acids is 1. The highest BCUT2D eigenvalue weighted by molar-refractivity contribution is 5.87. The Bertz CT molecular complexity index is 852. The standard InChI is InChI=1S/C21H23N3O4/c1-24-18(25)11-17(19(24)15-5-3-2-4-6-15)13-23-21(28)22-12-14-7-9-16(10-8-14)20(26)27/h2-10,17,19H,11-13H2,1H3,(H,26,27)(H2,22,23,28)/t17-,19-/m0/s1. The Labute approximate surface area is 163 Å². The van der Waals surface area contributed by atoms with Gasteiger partial charge >= 0.3 is 12.0 Å². The van der Waals surface area contributed by atoms with Gasteiger partial charge in [0.1, 0.15) is 0 Å². The third kappa shape index (κ3) is 4.49. The van der Waals surface area contributed by atoms with Crippen LogP contribution < -0.4 is 10.6 Å². The monoisotopic (exact) mass is 381 g/mol. The van der Waals surface area contributed by atoms with E-state index in [-0.39, 0.29) is 36.0 Å². The summed E-state index contributed by atoms with van der Waals surface area (Å²) in [6.07, 6.45) is 0.396. The number of hydrogen-bond donors (Lipinski definition) is 3. The molecule has 0 aliphatic carbocycles. The smallest absolute Gasteiger partial charge is 0.335 e. The minimum atomic E-state index is -0.985. The van der Waals surface area contributed by atoms with Gasteiger partial charge < -0.3 is 20.6 Å². The Hall–Kier alpha value is -3.35. The molecule has 2 aromatic rings. The van der Waals surface area contributed by atoms with Crippen LogP contribution in [0.4, 0.5) is 4.79 Å².